The lowest BCUT2D eigenvalue weighted by Crippen LogP contribution is -2.40. The third-order valence-electron chi connectivity index (χ3n) is 3.89. The highest BCUT2D eigenvalue weighted by atomic mass is 32.1. The standard InChI is InChI=1S/C13H16N2O3S/c16-11-3-1-2-9(13(17)18)12(10-6-19-7-14-10)15(11)8-4-5-8/h6-9,12H,1-5H2,(H,17,18). The second-order valence-corrected chi connectivity index (χ2v) is 5.95. The van der Waals surface area contributed by atoms with Gasteiger partial charge in [-0.1, -0.05) is 0 Å². The van der Waals surface area contributed by atoms with Gasteiger partial charge in [0.2, 0.25) is 5.91 Å². The molecule has 1 aromatic rings. The first-order valence-corrected chi connectivity index (χ1v) is 7.55. The smallest absolute Gasteiger partial charge is 0.309 e. The van der Waals surface area contributed by atoms with Crippen molar-refractivity contribution in [2.75, 3.05) is 0 Å². The fourth-order valence-corrected chi connectivity index (χ4v) is 3.45. The minimum atomic E-state index is -0.821. The lowest BCUT2D eigenvalue weighted by atomic mass is 9.92. The van der Waals surface area contributed by atoms with E-state index in [2.05, 4.69) is 4.98 Å². The van der Waals surface area contributed by atoms with E-state index in [1.165, 1.54) is 11.3 Å². The predicted molar refractivity (Wildman–Crippen MR) is 69.7 cm³/mol. The molecule has 0 spiro atoms. The van der Waals surface area contributed by atoms with Crippen molar-refractivity contribution in [2.45, 2.75) is 44.2 Å². The summed E-state index contributed by atoms with van der Waals surface area (Å²) >= 11 is 1.45. The van der Waals surface area contributed by atoms with Crippen LogP contribution in [0.25, 0.3) is 0 Å². The Morgan fingerprint density at radius 1 is 1.42 bits per heavy atom. The first kappa shape index (κ1) is 12.6. The number of rotatable bonds is 3. The molecule has 0 radical (unpaired) electrons. The SMILES string of the molecule is O=C(O)C1CCCC(=O)N(C2CC2)C1c1cscn1. The van der Waals surface area contributed by atoms with Gasteiger partial charge < -0.3 is 10.0 Å². The number of carboxylic acid groups (broad SMARTS) is 1. The molecule has 1 aliphatic carbocycles. The second kappa shape index (κ2) is 4.92. The van der Waals surface area contributed by atoms with Gasteiger partial charge in [0.1, 0.15) is 0 Å². The average molecular weight is 280 g/mol. The Kier molecular flexibility index (Phi) is 3.26. The van der Waals surface area contributed by atoms with Crippen LogP contribution in [-0.4, -0.2) is 32.9 Å². The highest BCUT2D eigenvalue weighted by Gasteiger charge is 2.45. The summed E-state index contributed by atoms with van der Waals surface area (Å²) < 4.78 is 0. The summed E-state index contributed by atoms with van der Waals surface area (Å²) in [6.07, 6.45) is 3.63. The molecule has 5 nitrogen and oxygen atoms in total. The molecule has 1 amide bonds. The van der Waals surface area contributed by atoms with E-state index < -0.39 is 11.9 Å². The van der Waals surface area contributed by atoms with Gasteiger partial charge in [-0.3, -0.25) is 9.59 Å². The number of carboxylic acids is 1. The van der Waals surface area contributed by atoms with Crippen molar-refractivity contribution >= 4 is 23.2 Å². The Hall–Kier alpha value is -1.43. The van der Waals surface area contributed by atoms with Crippen molar-refractivity contribution in [1.29, 1.82) is 0 Å². The number of amides is 1. The summed E-state index contributed by atoms with van der Waals surface area (Å²) in [5, 5.41) is 11.3. The molecule has 2 atom stereocenters. The van der Waals surface area contributed by atoms with Gasteiger partial charge in [0.15, 0.2) is 0 Å². The molecule has 102 valence electrons. The van der Waals surface area contributed by atoms with E-state index in [-0.39, 0.29) is 18.0 Å². The van der Waals surface area contributed by atoms with Crippen LogP contribution in [0.3, 0.4) is 0 Å². The normalized spacial score (nSPS) is 28.2. The van der Waals surface area contributed by atoms with Crippen LogP contribution in [0.15, 0.2) is 10.9 Å². The Morgan fingerprint density at radius 3 is 2.79 bits per heavy atom. The Balaban J connectivity index is 2.01. The van der Waals surface area contributed by atoms with E-state index in [9.17, 15) is 14.7 Å². The maximum absolute atomic E-state index is 12.3. The van der Waals surface area contributed by atoms with Crippen LogP contribution in [0.2, 0.25) is 0 Å². The van der Waals surface area contributed by atoms with Crippen molar-refractivity contribution < 1.29 is 14.7 Å². The lowest BCUT2D eigenvalue weighted by molar-refractivity contribution is -0.146. The zero-order chi connectivity index (χ0) is 13.4. The van der Waals surface area contributed by atoms with Gasteiger partial charge in [-0.2, -0.15) is 0 Å². The number of nitrogens with zero attached hydrogens (tertiary/aromatic N) is 2. The lowest BCUT2D eigenvalue weighted by Gasteiger charge is -2.32. The molecule has 19 heavy (non-hydrogen) atoms. The number of carbonyl (C=O) groups excluding carboxylic acids is 1. The Morgan fingerprint density at radius 2 is 2.21 bits per heavy atom. The monoisotopic (exact) mass is 280 g/mol. The van der Waals surface area contributed by atoms with E-state index >= 15 is 0 Å². The first-order valence-electron chi connectivity index (χ1n) is 6.60. The summed E-state index contributed by atoms with van der Waals surface area (Å²) in [6.45, 7) is 0. The predicted octanol–water partition coefficient (Wildman–Crippen LogP) is 2.06. The van der Waals surface area contributed by atoms with E-state index in [0.29, 0.717) is 19.3 Å². The summed E-state index contributed by atoms with van der Waals surface area (Å²) in [6, 6.07) is -0.162. The maximum Gasteiger partial charge on any atom is 0.309 e. The van der Waals surface area contributed by atoms with Crippen molar-refractivity contribution in [3.8, 4) is 0 Å². The Labute approximate surface area is 115 Å². The van der Waals surface area contributed by atoms with Crippen LogP contribution in [0.5, 0.6) is 0 Å². The molecule has 1 N–H and O–H groups in total. The highest BCUT2D eigenvalue weighted by Crippen LogP contribution is 2.42. The van der Waals surface area contributed by atoms with Gasteiger partial charge in [-0.15, -0.1) is 11.3 Å². The number of aliphatic carboxylic acids is 1. The summed E-state index contributed by atoms with van der Waals surface area (Å²) in [5.74, 6) is -1.27. The van der Waals surface area contributed by atoms with Gasteiger partial charge in [0.05, 0.1) is 23.2 Å². The van der Waals surface area contributed by atoms with Gasteiger partial charge in [0, 0.05) is 17.8 Å². The fraction of sp³-hybridized carbons (Fsp3) is 0.615. The molecule has 2 heterocycles. The molecule has 1 saturated heterocycles. The van der Waals surface area contributed by atoms with Gasteiger partial charge in [-0.05, 0) is 25.7 Å². The van der Waals surface area contributed by atoms with Crippen LogP contribution in [0, 0.1) is 5.92 Å². The molecular formula is C13H16N2O3S. The molecule has 3 rings (SSSR count). The molecule has 2 fully saturated rings. The molecule has 1 aromatic heterocycles. The molecule has 0 bridgehead atoms. The van der Waals surface area contributed by atoms with Crippen LogP contribution < -0.4 is 0 Å². The molecule has 6 heteroatoms. The summed E-state index contributed by atoms with van der Waals surface area (Å²) in [4.78, 5) is 29.9. The molecule has 1 saturated carbocycles. The quantitative estimate of drug-likeness (QED) is 0.920. The van der Waals surface area contributed by atoms with Crippen LogP contribution in [0.1, 0.15) is 43.8 Å². The number of hydrogen-bond acceptors (Lipinski definition) is 4. The van der Waals surface area contributed by atoms with E-state index in [1.807, 2.05) is 5.38 Å². The van der Waals surface area contributed by atoms with Gasteiger partial charge in [-0.25, -0.2) is 4.98 Å². The average Bonchev–Trinajstić information content (AvgIpc) is 3.09. The van der Waals surface area contributed by atoms with Crippen LogP contribution in [-0.2, 0) is 9.59 Å². The first-order chi connectivity index (χ1) is 9.18. The summed E-state index contributed by atoms with van der Waals surface area (Å²) in [7, 11) is 0. The van der Waals surface area contributed by atoms with Gasteiger partial charge in [0.25, 0.3) is 0 Å². The molecule has 2 unspecified atom stereocenters. The second-order valence-electron chi connectivity index (χ2n) is 5.23. The van der Waals surface area contributed by atoms with E-state index in [1.54, 1.807) is 10.4 Å². The maximum atomic E-state index is 12.3. The third-order valence-corrected chi connectivity index (χ3v) is 4.49. The number of aromatic nitrogens is 1. The third kappa shape index (κ3) is 2.36. The Bertz CT molecular complexity index is 484. The van der Waals surface area contributed by atoms with E-state index in [4.69, 9.17) is 0 Å². The minimum Gasteiger partial charge on any atom is -0.481 e. The van der Waals surface area contributed by atoms with Crippen molar-refractivity contribution in [3.05, 3.63) is 16.6 Å². The molecular weight excluding hydrogens is 264 g/mol. The van der Waals surface area contributed by atoms with Crippen LogP contribution >= 0.6 is 11.3 Å². The van der Waals surface area contributed by atoms with Crippen molar-refractivity contribution in [2.24, 2.45) is 5.92 Å². The highest BCUT2D eigenvalue weighted by molar-refractivity contribution is 7.07. The number of likely N-dealkylation sites (tertiary alicyclic amines) is 1. The van der Waals surface area contributed by atoms with Crippen LogP contribution in [0.4, 0.5) is 0 Å². The topological polar surface area (TPSA) is 70.5 Å². The largest absolute Gasteiger partial charge is 0.481 e. The molecule has 2 aliphatic rings. The van der Waals surface area contributed by atoms with Gasteiger partial charge >= 0.3 is 5.97 Å². The van der Waals surface area contributed by atoms with Crippen molar-refractivity contribution in [1.82, 2.24) is 9.88 Å². The van der Waals surface area contributed by atoms with E-state index in [0.717, 1.165) is 18.5 Å². The summed E-state index contributed by atoms with van der Waals surface area (Å²) in [5.41, 5.74) is 2.44. The minimum absolute atomic E-state index is 0.0873. The fourth-order valence-electron chi connectivity index (χ4n) is 2.87. The molecule has 1 aliphatic heterocycles. The number of hydrogen-bond donors (Lipinski definition) is 1. The number of thiazole rings is 1. The number of carbonyl (C=O) groups is 2. The van der Waals surface area contributed by atoms with Crippen molar-refractivity contribution in [3.63, 3.8) is 0 Å². The zero-order valence-electron chi connectivity index (χ0n) is 10.5. The zero-order valence-corrected chi connectivity index (χ0v) is 11.3. The molecule has 0 aromatic carbocycles.